The van der Waals surface area contributed by atoms with Gasteiger partial charge in [-0.15, -0.1) is 29.1 Å². The number of allylic oxidation sites excluding steroid dienone is 2. The number of fused-ring (bicyclic) bond motifs is 4. The number of rotatable bonds is 12. The number of hydrogen-bond donors (Lipinski definition) is 1. The molecule has 1 N–H and O–H groups in total. The number of aromatic nitrogens is 1. The Morgan fingerprint density at radius 1 is 0.741 bits per heavy atom. The Morgan fingerprint density at radius 2 is 1.29 bits per heavy atom. The molecule has 0 spiro atoms. The van der Waals surface area contributed by atoms with Gasteiger partial charge in [0.25, 0.3) is 0 Å². The molecule has 2 aromatic heterocycles. The summed E-state index contributed by atoms with van der Waals surface area (Å²) in [4.78, 5) is 17.0. The molecule has 4 nitrogen and oxygen atoms in total. The van der Waals surface area contributed by atoms with Crippen LogP contribution in [0, 0.1) is 17.9 Å². The number of carbonyl (C=O) groups excluding carboxylic acids is 1. The molecule has 0 saturated heterocycles. The third-order valence-corrected chi connectivity index (χ3v) is 11.7. The number of aliphatic hydroxyl groups is 1. The van der Waals surface area contributed by atoms with Crippen molar-refractivity contribution in [2.75, 3.05) is 0 Å². The van der Waals surface area contributed by atoms with Crippen molar-refractivity contribution in [1.82, 2.24) is 4.98 Å². The van der Waals surface area contributed by atoms with Crippen molar-refractivity contribution in [1.29, 1.82) is 0 Å². The number of nitrogens with zero attached hydrogens (tertiary/aromatic N) is 1. The van der Waals surface area contributed by atoms with E-state index in [0.717, 1.165) is 70.0 Å². The maximum absolute atomic E-state index is 11.7. The fraction of sp³-hybridized carbons (Fsp3) is 0.434. The third kappa shape index (κ3) is 10.0. The van der Waals surface area contributed by atoms with Crippen LogP contribution in [-0.4, -0.2) is 15.9 Å². The smallest absolute Gasteiger partial charge is 0.162 e. The minimum atomic E-state index is -0.0303. The molecular weight excluding hydrogens is 891 g/mol. The van der Waals surface area contributed by atoms with Gasteiger partial charge in [-0.25, -0.2) is 0 Å². The van der Waals surface area contributed by atoms with Crippen LogP contribution in [0.25, 0.3) is 55.2 Å². The summed E-state index contributed by atoms with van der Waals surface area (Å²) < 4.78 is 6.94. The Labute approximate surface area is 362 Å². The van der Waals surface area contributed by atoms with Gasteiger partial charge in [-0.2, -0.15) is 0 Å². The van der Waals surface area contributed by atoms with Crippen molar-refractivity contribution in [3.63, 3.8) is 0 Å². The first-order valence-electron chi connectivity index (χ1n) is 21.4. The largest absolute Gasteiger partial charge is 0.512 e. The molecule has 0 atom stereocenters. The monoisotopic (exact) mass is 957 g/mol. The van der Waals surface area contributed by atoms with Crippen molar-refractivity contribution in [3.8, 4) is 22.6 Å². The van der Waals surface area contributed by atoms with Gasteiger partial charge in [0.05, 0.1) is 11.3 Å². The fourth-order valence-electron chi connectivity index (χ4n) is 8.04. The summed E-state index contributed by atoms with van der Waals surface area (Å²) in [5, 5.41) is 14.2. The van der Waals surface area contributed by atoms with Crippen molar-refractivity contribution in [2.24, 2.45) is 11.8 Å². The molecule has 0 aliphatic carbocycles. The molecule has 0 fully saturated rings. The first-order chi connectivity index (χ1) is 27.0. The van der Waals surface area contributed by atoms with Crippen LogP contribution >= 0.6 is 0 Å². The Balaban J connectivity index is 0.000000398. The zero-order chi connectivity index (χ0) is 41.8. The van der Waals surface area contributed by atoms with Gasteiger partial charge in [0, 0.05) is 60.0 Å². The quantitative estimate of drug-likeness (QED) is 0.0754. The molecule has 0 amide bonds. The SMILES string of the molecule is CC(C)c1cc(C(C)C)c(-c2cc3c(-c4[c-]c5ccccc5c(C(C)(C)C)c4)nc4ccccc4c3o2)c(C(C)C)c1.CCC(CC)C(=O)/C=C(\O)C(CC)CC.[Ir]. The van der Waals surface area contributed by atoms with Crippen LogP contribution in [0.15, 0.2) is 89.0 Å². The van der Waals surface area contributed by atoms with Crippen LogP contribution in [0.5, 0.6) is 0 Å². The Bertz CT molecular complexity index is 2330. The van der Waals surface area contributed by atoms with Gasteiger partial charge in [-0.05, 0) is 83.7 Å². The topological polar surface area (TPSA) is 63.3 Å². The van der Waals surface area contributed by atoms with Crippen LogP contribution in [0.4, 0.5) is 0 Å². The number of aliphatic hydroxyl groups excluding tert-OH is 1. The van der Waals surface area contributed by atoms with E-state index in [-0.39, 0.29) is 48.9 Å². The van der Waals surface area contributed by atoms with Crippen LogP contribution in [0.3, 0.4) is 0 Å². The summed E-state index contributed by atoms with van der Waals surface area (Å²) in [7, 11) is 0. The van der Waals surface area contributed by atoms with Crippen LogP contribution < -0.4 is 0 Å². The molecule has 6 aromatic rings. The van der Waals surface area contributed by atoms with Gasteiger partial charge in [-0.1, -0.05) is 143 Å². The predicted octanol–water partition coefficient (Wildman–Crippen LogP) is 15.8. The number of ketones is 1. The summed E-state index contributed by atoms with van der Waals surface area (Å²) in [5.74, 6) is 2.66. The minimum Gasteiger partial charge on any atom is -0.512 e. The van der Waals surface area contributed by atoms with Crippen LogP contribution in [0.2, 0.25) is 0 Å². The van der Waals surface area contributed by atoms with Gasteiger partial charge < -0.3 is 9.52 Å². The predicted molar refractivity (Wildman–Crippen MR) is 244 cm³/mol. The Hall–Kier alpha value is -4.05. The number of hydrogen-bond acceptors (Lipinski definition) is 4. The summed E-state index contributed by atoms with van der Waals surface area (Å²) in [5.41, 5.74) is 10.3. The average molecular weight is 957 g/mol. The maximum atomic E-state index is 11.7. The van der Waals surface area contributed by atoms with E-state index in [0.29, 0.717) is 17.8 Å². The number of benzene rings is 4. The van der Waals surface area contributed by atoms with Crippen molar-refractivity contribution < 1.29 is 34.4 Å². The van der Waals surface area contributed by atoms with E-state index >= 15 is 0 Å². The average Bonchev–Trinajstić information content (AvgIpc) is 3.63. The third-order valence-electron chi connectivity index (χ3n) is 11.7. The van der Waals surface area contributed by atoms with Gasteiger partial charge in [0.15, 0.2) is 5.78 Å². The summed E-state index contributed by atoms with van der Waals surface area (Å²) in [6.45, 7) is 28.6. The molecule has 0 unspecified atom stereocenters. The molecule has 0 saturated carbocycles. The fourth-order valence-corrected chi connectivity index (χ4v) is 8.04. The van der Waals surface area contributed by atoms with Crippen LogP contribution in [0.1, 0.15) is 156 Å². The van der Waals surface area contributed by atoms with E-state index in [1.54, 1.807) is 0 Å². The molecule has 0 aliphatic heterocycles. The Kier molecular flexibility index (Phi) is 15.9. The maximum Gasteiger partial charge on any atom is 0.162 e. The first kappa shape index (κ1) is 46.6. The summed E-state index contributed by atoms with van der Waals surface area (Å²) in [6.07, 6.45) is 4.91. The number of carbonyl (C=O) groups is 1. The van der Waals surface area contributed by atoms with E-state index in [1.807, 2.05) is 27.7 Å². The van der Waals surface area contributed by atoms with E-state index in [9.17, 15) is 9.90 Å². The first-order valence-corrected chi connectivity index (χ1v) is 21.4. The molecule has 1 radical (unpaired) electrons. The molecule has 0 bridgehead atoms. The Morgan fingerprint density at radius 3 is 1.83 bits per heavy atom. The molecular formula is C53H66IrNO3-. The summed E-state index contributed by atoms with van der Waals surface area (Å²) >= 11 is 0. The van der Waals surface area contributed by atoms with Gasteiger partial charge >= 0.3 is 0 Å². The molecule has 4 aromatic carbocycles. The van der Waals surface area contributed by atoms with E-state index in [2.05, 4.69) is 141 Å². The van der Waals surface area contributed by atoms with E-state index < -0.39 is 0 Å². The van der Waals surface area contributed by atoms with Gasteiger partial charge in [-0.3, -0.25) is 9.78 Å². The molecule has 5 heteroatoms. The van der Waals surface area contributed by atoms with E-state index in [1.165, 1.54) is 39.3 Å². The summed E-state index contributed by atoms with van der Waals surface area (Å²) in [6, 6.07) is 30.0. The second-order valence-corrected chi connectivity index (χ2v) is 17.8. The molecule has 311 valence electrons. The number of pyridine rings is 1. The second kappa shape index (κ2) is 19.8. The molecule has 0 aliphatic rings. The molecule has 58 heavy (non-hydrogen) atoms. The van der Waals surface area contributed by atoms with Gasteiger partial charge in [0.1, 0.15) is 11.3 Å². The normalized spacial score (nSPS) is 12.3. The zero-order valence-electron chi connectivity index (χ0n) is 37.3. The van der Waals surface area contributed by atoms with Crippen LogP contribution in [-0.2, 0) is 30.3 Å². The molecule has 6 rings (SSSR count). The van der Waals surface area contributed by atoms with Crippen molar-refractivity contribution >= 4 is 38.4 Å². The zero-order valence-corrected chi connectivity index (χ0v) is 39.7. The van der Waals surface area contributed by atoms with E-state index in [4.69, 9.17) is 9.40 Å². The second-order valence-electron chi connectivity index (χ2n) is 17.8. The van der Waals surface area contributed by atoms with Crippen molar-refractivity contribution in [3.05, 3.63) is 113 Å². The molecule has 2 heterocycles. The standard InChI is InChI=1S/C40H42NO.C13H24O2.Ir/c1-23(2)27-19-31(24(3)4)37(32(20-27)25(5)6)36-22-33-38(41-35-17-13-12-16-30(35)39(33)42-36)28-18-26-14-10-11-15-29(26)34(21-28)40(7,8)9;1-5-10(6-2)12(14)9-13(15)11(7-3)8-4;/h10-17,19-25H,1-9H3;9-11,14H,5-8H2,1-4H3;/q-1;;/b;12-9-;. The van der Waals surface area contributed by atoms with Crippen molar-refractivity contribution in [2.45, 2.75) is 139 Å². The van der Waals surface area contributed by atoms with Gasteiger partial charge in [0.2, 0.25) is 0 Å². The number of para-hydroxylation sites is 1. The minimum absolute atomic E-state index is 0. The number of furan rings is 1.